The summed E-state index contributed by atoms with van der Waals surface area (Å²) in [5.41, 5.74) is 8.34. The first-order valence-electron chi connectivity index (χ1n) is 10.2. The topological polar surface area (TPSA) is 72.2 Å². The van der Waals surface area contributed by atoms with Gasteiger partial charge < -0.3 is 5.73 Å². The second-order valence-electron chi connectivity index (χ2n) is 8.27. The van der Waals surface area contributed by atoms with Gasteiger partial charge in [-0.2, -0.15) is 0 Å². The summed E-state index contributed by atoms with van der Waals surface area (Å²) in [6, 6.07) is 18.3. The van der Waals surface area contributed by atoms with Crippen LogP contribution >= 0.6 is 0 Å². The average molecular weight is 401 g/mol. The van der Waals surface area contributed by atoms with Crippen molar-refractivity contribution in [1.82, 2.24) is 4.72 Å². The van der Waals surface area contributed by atoms with Gasteiger partial charge in [-0.15, -0.1) is 0 Å². The summed E-state index contributed by atoms with van der Waals surface area (Å²) in [6.45, 7) is 4.36. The van der Waals surface area contributed by atoms with E-state index in [0.717, 1.165) is 24.0 Å². The molecule has 0 saturated heterocycles. The van der Waals surface area contributed by atoms with Gasteiger partial charge in [-0.25, -0.2) is 13.1 Å². The van der Waals surface area contributed by atoms with E-state index in [1.807, 2.05) is 60.7 Å². The van der Waals surface area contributed by atoms with Gasteiger partial charge in [0.05, 0.1) is 17.8 Å². The average Bonchev–Trinajstić information content (AvgIpc) is 2.70. The lowest BCUT2D eigenvalue weighted by Gasteiger charge is -2.35. The number of nitrogens with two attached hydrogens (primary N) is 1. The molecular weight excluding hydrogens is 368 g/mol. The highest BCUT2D eigenvalue weighted by molar-refractivity contribution is 7.89. The van der Waals surface area contributed by atoms with Crippen LogP contribution in [0.25, 0.3) is 0 Å². The van der Waals surface area contributed by atoms with Crippen molar-refractivity contribution >= 4 is 10.0 Å². The van der Waals surface area contributed by atoms with Crippen molar-refractivity contribution in [3.8, 4) is 0 Å². The molecule has 0 aliphatic heterocycles. The van der Waals surface area contributed by atoms with Crippen molar-refractivity contribution in [2.24, 2.45) is 23.5 Å². The Morgan fingerprint density at radius 3 is 1.96 bits per heavy atom. The van der Waals surface area contributed by atoms with E-state index < -0.39 is 22.1 Å². The molecule has 0 heterocycles. The van der Waals surface area contributed by atoms with Crippen molar-refractivity contribution < 1.29 is 8.42 Å². The third-order valence-electron chi connectivity index (χ3n) is 6.20. The zero-order valence-corrected chi connectivity index (χ0v) is 17.6. The number of rotatable bonds is 7. The van der Waals surface area contributed by atoms with Crippen LogP contribution in [0.5, 0.6) is 0 Å². The summed E-state index contributed by atoms with van der Waals surface area (Å²) in [5.74, 6) is 1.22. The van der Waals surface area contributed by atoms with Crippen molar-refractivity contribution in [3.05, 3.63) is 71.8 Å². The molecule has 0 spiro atoms. The van der Waals surface area contributed by atoms with Crippen molar-refractivity contribution in [2.45, 2.75) is 45.2 Å². The third-order valence-corrected chi connectivity index (χ3v) is 7.64. The van der Waals surface area contributed by atoms with Gasteiger partial charge in [0.15, 0.2) is 0 Å². The van der Waals surface area contributed by atoms with Crippen LogP contribution in [0.1, 0.15) is 56.3 Å². The molecular formula is C23H32N2O2S. The SMILES string of the molecule is CC1CCCC(C)C1CS(=O)(=O)NC(c1ccccc1)C(N)c1ccccc1. The zero-order valence-electron chi connectivity index (χ0n) is 16.8. The molecule has 3 rings (SSSR count). The van der Waals surface area contributed by atoms with Gasteiger partial charge in [0.1, 0.15) is 0 Å². The molecule has 4 nitrogen and oxygen atoms in total. The summed E-state index contributed by atoms with van der Waals surface area (Å²) in [6.07, 6.45) is 3.41. The van der Waals surface area contributed by atoms with Crippen LogP contribution in [0.3, 0.4) is 0 Å². The molecule has 0 bridgehead atoms. The highest BCUT2D eigenvalue weighted by atomic mass is 32.2. The van der Waals surface area contributed by atoms with E-state index in [0.29, 0.717) is 11.8 Å². The van der Waals surface area contributed by atoms with Crippen LogP contribution in [-0.2, 0) is 10.0 Å². The van der Waals surface area contributed by atoms with E-state index in [1.54, 1.807) is 0 Å². The Hall–Kier alpha value is -1.69. The van der Waals surface area contributed by atoms with Gasteiger partial charge in [0, 0.05) is 0 Å². The molecule has 0 amide bonds. The quantitative estimate of drug-likeness (QED) is 0.723. The normalized spacial score (nSPS) is 25.2. The van der Waals surface area contributed by atoms with E-state index in [9.17, 15) is 8.42 Å². The summed E-state index contributed by atoms with van der Waals surface area (Å²) in [4.78, 5) is 0. The largest absolute Gasteiger partial charge is 0.322 e. The van der Waals surface area contributed by atoms with Gasteiger partial charge in [-0.1, -0.05) is 93.8 Å². The van der Waals surface area contributed by atoms with Gasteiger partial charge >= 0.3 is 0 Å². The molecule has 0 aromatic heterocycles. The second-order valence-corrected chi connectivity index (χ2v) is 10.1. The Labute approximate surface area is 169 Å². The predicted molar refractivity (Wildman–Crippen MR) is 115 cm³/mol. The highest BCUT2D eigenvalue weighted by Gasteiger charge is 2.34. The molecule has 152 valence electrons. The molecule has 1 aliphatic rings. The molecule has 28 heavy (non-hydrogen) atoms. The first-order valence-corrected chi connectivity index (χ1v) is 11.9. The predicted octanol–water partition coefficient (Wildman–Crippen LogP) is 4.42. The molecule has 1 aliphatic carbocycles. The number of nitrogens with one attached hydrogen (secondary N) is 1. The van der Waals surface area contributed by atoms with E-state index >= 15 is 0 Å². The van der Waals surface area contributed by atoms with Crippen LogP contribution in [0.15, 0.2) is 60.7 Å². The first kappa shape index (κ1) is 21.0. The van der Waals surface area contributed by atoms with Gasteiger partial charge in [0.2, 0.25) is 10.0 Å². The van der Waals surface area contributed by atoms with Gasteiger partial charge in [0.25, 0.3) is 0 Å². The molecule has 1 saturated carbocycles. The summed E-state index contributed by atoms with van der Waals surface area (Å²) in [7, 11) is -3.48. The monoisotopic (exact) mass is 400 g/mol. The van der Waals surface area contributed by atoms with Crippen LogP contribution in [0, 0.1) is 17.8 Å². The van der Waals surface area contributed by atoms with Crippen molar-refractivity contribution in [3.63, 3.8) is 0 Å². The second kappa shape index (κ2) is 9.21. The van der Waals surface area contributed by atoms with E-state index in [2.05, 4.69) is 18.6 Å². The molecule has 0 radical (unpaired) electrons. The Morgan fingerprint density at radius 1 is 0.929 bits per heavy atom. The van der Waals surface area contributed by atoms with Crippen molar-refractivity contribution in [2.75, 3.05) is 5.75 Å². The molecule has 4 atom stereocenters. The highest BCUT2D eigenvalue weighted by Crippen LogP contribution is 2.36. The Kier molecular flexibility index (Phi) is 6.91. The number of sulfonamides is 1. The maximum Gasteiger partial charge on any atom is 0.212 e. The zero-order chi connectivity index (χ0) is 20.1. The van der Waals surface area contributed by atoms with Gasteiger partial charge in [-0.05, 0) is 28.9 Å². The Bertz CT molecular complexity index is 829. The van der Waals surface area contributed by atoms with Crippen LogP contribution < -0.4 is 10.5 Å². The van der Waals surface area contributed by atoms with E-state index in [4.69, 9.17) is 5.73 Å². The Balaban J connectivity index is 1.84. The molecule has 3 N–H and O–H groups in total. The molecule has 5 heteroatoms. The lowest BCUT2D eigenvalue weighted by molar-refractivity contribution is 0.199. The maximum absolute atomic E-state index is 13.1. The molecule has 2 aromatic rings. The van der Waals surface area contributed by atoms with E-state index in [-0.39, 0.29) is 11.7 Å². The Morgan fingerprint density at radius 2 is 1.43 bits per heavy atom. The lowest BCUT2D eigenvalue weighted by Crippen LogP contribution is -2.41. The van der Waals surface area contributed by atoms with Crippen molar-refractivity contribution in [1.29, 1.82) is 0 Å². The smallest absolute Gasteiger partial charge is 0.212 e. The van der Waals surface area contributed by atoms with Crippen LogP contribution in [-0.4, -0.2) is 14.2 Å². The minimum atomic E-state index is -3.48. The number of benzene rings is 2. The van der Waals surface area contributed by atoms with E-state index in [1.165, 1.54) is 6.42 Å². The fourth-order valence-electron chi connectivity index (χ4n) is 4.45. The fraction of sp³-hybridized carbons (Fsp3) is 0.478. The first-order chi connectivity index (χ1) is 13.4. The molecule has 2 aromatic carbocycles. The summed E-state index contributed by atoms with van der Waals surface area (Å²) in [5, 5.41) is 0. The fourth-order valence-corrected chi connectivity index (χ4v) is 6.38. The summed E-state index contributed by atoms with van der Waals surface area (Å²) < 4.78 is 29.2. The molecule has 1 fully saturated rings. The number of hydrogen-bond donors (Lipinski definition) is 2. The summed E-state index contributed by atoms with van der Waals surface area (Å²) >= 11 is 0. The lowest BCUT2D eigenvalue weighted by atomic mass is 9.75. The molecule has 4 unspecified atom stereocenters. The minimum absolute atomic E-state index is 0.167. The van der Waals surface area contributed by atoms with Crippen LogP contribution in [0.4, 0.5) is 0 Å². The number of hydrogen-bond acceptors (Lipinski definition) is 3. The standard InChI is InChI=1S/C23H32N2O2S/c1-17-10-9-11-18(2)21(17)16-28(26,27)25-23(20-14-7-4-8-15-20)22(24)19-12-5-3-6-13-19/h3-8,12-15,17-18,21-23,25H,9-11,16,24H2,1-2H3. The third kappa shape index (κ3) is 5.22. The minimum Gasteiger partial charge on any atom is -0.322 e. The maximum atomic E-state index is 13.1. The van der Waals surface area contributed by atoms with Crippen LogP contribution in [0.2, 0.25) is 0 Å². The van der Waals surface area contributed by atoms with Gasteiger partial charge in [-0.3, -0.25) is 0 Å².